The Hall–Kier alpha value is -2.64. The van der Waals surface area contributed by atoms with Gasteiger partial charge in [0.15, 0.2) is 0 Å². The summed E-state index contributed by atoms with van der Waals surface area (Å²) >= 11 is 0. The minimum absolute atomic E-state index is 0.249. The predicted molar refractivity (Wildman–Crippen MR) is 101 cm³/mol. The third kappa shape index (κ3) is 3.48. The molecule has 1 aromatic heterocycles. The largest absolute Gasteiger partial charge is 0.480 e. The van der Waals surface area contributed by atoms with Crippen molar-refractivity contribution in [2.45, 2.75) is 39.3 Å². The molecule has 0 bridgehead atoms. The van der Waals surface area contributed by atoms with Crippen molar-refractivity contribution >= 4 is 11.9 Å². The van der Waals surface area contributed by atoms with Gasteiger partial charge in [0, 0.05) is 36.7 Å². The van der Waals surface area contributed by atoms with E-state index in [-0.39, 0.29) is 5.56 Å². The Morgan fingerprint density at radius 2 is 1.89 bits per heavy atom. The number of aromatic carboxylic acids is 1. The molecule has 0 radical (unpaired) electrons. The van der Waals surface area contributed by atoms with Crippen LogP contribution in [0.15, 0.2) is 24.3 Å². The highest BCUT2D eigenvalue weighted by Crippen LogP contribution is 2.27. The Balaban J connectivity index is 1.92. The van der Waals surface area contributed by atoms with Gasteiger partial charge >= 0.3 is 11.9 Å². The molecule has 7 heteroatoms. The number of benzene rings is 1. The van der Waals surface area contributed by atoms with Crippen molar-refractivity contribution in [1.29, 1.82) is 0 Å². The van der Waals surface area contributed by atoms with Gasteiger partial charge in [-0.05, 0) is 56.5 Å². The first-order valence-electron chi connectivity index (χ1n) is 8.89. The molecule has 0 aliphatic carbocycles. The van der Waals surface area contributed by atoms with Crippen molar-refractivity contribution in [3.8, 4) is 5.69 Å². The second-order valence-corrected chi connectivity index (χ2v) is 7.46. The fraction of sp³-hybridized carbons (Fsp3) is 0.400. The first-order chi connectivity index (χ1) is 12.6. The van der Waals surface area contributed by atoms with E-state index < -0.39 is 17.5 Å². The van der Waals surface area contributed by atoms with E-state index >= 15 is 0 Å². The van der Waals surface area contributed by atoms with Crippen molar-refractivity contribution in [3.63, 3.8) is 0 Å². The maximum atomic E-state index is 11.4. The highest BCUT2D eigenvalue weighted by molar-refractivity contribution is 5.88. The number of aromatic nitrogens is 1. The normalized spacial score (nSPS) is 20.1. The van der Waals surface area contributed by atoms with Crippen molar-refractivity contribution in [2.75, 3.05) is 13.1 Å². The number of aliphatic carboxylic acids is 1. The molecule has 1 aliphatic heterocycles. The molecular weight excluding hydrogens is 346 g/mol. The summed E-state index contributed by atoms with van der Waals surface area (Å²) in [6, 6.07) is 7.17. The highest BCUT2D eigenvalue weighted by atomic mass is 16.4. The topological polar surface area (TPSA) is 109 Å². The Morgan fingerprint density at radius 3 is 2.48 bits per heavy atom. The smallest absolute Gasteiger partial charge is 0.335 e. The van der Waals surface area contributed by atoms with Gasteiger partial charge in [-0.25, -0.2) is 4.79 Å². The molecule has 7 nitrogen and oxygen atoms in total. The molecule has 1 atom stereocenters. The quantitative estimate of drug-likeness (QED) is 0.743. The zero-order chi connectivity index (χ0) is 19.9. The van der Waals surface area contributed by atoms with E-state index in [4.69, 9.17) is 5.73 Å². The average Bonchev–Trinajstić information content (AvgIpc) is 3.10. The lowest BCUT2D eigenvalue weighted by atomic mass is 10.0. The predicted octanol–water partition coefficient (Wildman–Crippen LogP) is 2.09. The summed E-state index contributed by atoms with van der Waals surface area (Å²) in [5.74, 6) is -1.92. The third-order valence-corrected chi connectivity index (χ3v) is 5.43. The lowest BCUT2D eigenvalue weighted by molar-refractivity contribution is -0.142. The van der Waals surface area contributed by atoms with Gasteiger partial charge in [-0.15, -0.1) is 0 Å². The number of aryl methyl sites for hydroxylation is 2. The van der Waals surface area contributed by atoms with Crippen LogP contribution < -0.4 is 5.73 Å². The van der Waals surface area contributed by atoms with E-state index in [1.54, 1.807) is 12.1 Å². The van der Waals surface area contributed by atoms with Crippen molar-refractivity contribution in [2.24, 2.45) is 5.73 Å². The van der Waals surface area contributed by atoms with Crippen LogP contribution in [0, 0.1) is 20.8 Å². The van der Waals surface area contributed by atoms with Crippen LogP contribution in [-0.4, -0.2) is 50.2 Å². The van der Waals surface area contributed by atoms with Crippen LogP contribution >= 0.6 is 0 Å². The summed E-state index contributed by atoms with van der Waals surface area (Å²) in [4.78, 5) is 24.7. The molecule has 0 amide bonds. The molecule has 1 aromatic carbocycles. The van der Waals surface area contributed by atoms with E-state index in [0.717, 1.165) is 28.2 Å². The number of hydrogen-bond donors (Lipinski definition) is 3. The van der Waals surface area contributed by atoms with E-state index in [0.29, 0.717) is 26.1 Å². The molecule has 0 spiro atoms. The molecule has 2 heterocycles. The maximum absolute atomic E-state index is 11.4. The number of carboxylic acids is 2. The minimum Gasteiger partial charge on any atom is -0.480 e. The number of rotatable bonds is 5. The van der Waals surface area contributed by atoms with E-state index in [2.05, 4.69) is 15.5 Å². The molecule has 27 heavy (non-hydrogen) atoms. The zero-order valence-corrected chi connectivity index (χ0v) is 15.8. The van der Waals surface area contributed by atoms with Crippen LogP contribution in [0.25, 0.3) is 5.69 Å². The fourth-order valence-corrected chi connectivity index (χ4v) is 3.81. The summed E-state index contributed by atoms with van der Waals surface area (Å²) in [5.41, 5.74) is 9.98. The third-order valence-electron chi connectivity index (χ3n) is 5.43. The van der Waals surface area contributed by atoms with E-state index in [9.17, 15) is 19.8 Å². The lowest BCUT2D eigenvalue weighted by Gasteiger charge is -2.20. The van der Waals surface area contributed by atoms with Gasteiger partial charge in [0.2, 0.25) is 0 Å². The molecule has 4 N–H and O–H groups in total. The number of likely N-dealkylation sites (tertiary alicyclic amines) is 1. The monoisotopic (exact) mass is 371 g/mol. The fourth-order valence-electron chi connectivity index (χ4n) is 3.81. The number of nitrogens with two attached hydrogens (primary N) is 1. The van der Waals surface area contributed by atoms with Gasteiger partial charge in [0.05, 0.1) is 5.56 Å². The Labute approximate surface area is 158 Å². The zero-order valence-electron chi connectivity index (χ0n) is 15.8. The molecular formula is C20H25N3O4. The summed E-state index contributed by atoms with van der Waals surface area (Å²) < 4.78 is 2.06. The van der Waals surface area contributed by atoms with Crippen LogP contribution in [0.1, 0.15) is 39.3 Å². The van der Waals surface area contributed by atoms with Gasteiger partial charge in [0.25, 0.3) is 0 Å². The SMILES string of the molecule is Cc1ccc(C(=O)O)cc1-n1c(C)cc(CN2CC[C@@](N)(C(=O)O)C2)c1C. The van der Waals surface area contributed by atoms with E-state index in [1.807, 2.05) is 26.8 Å². The van der Waals surface area contributed by atoms with Crippen LogP contribution in [-0.2, 0) is 11.3 Å². The number of carboxylic acid groups (broad SMARTS) is 2. The second kappa shape index (κ2) is 6.83. The van der Waals surface area contributed by atoms with Gasteiger partial charge in [0.1, 0.15) is 5.54 Å². The van der Waals surface area contributed by atoms with Gasteiger partial charge in [-0.1, -0.05) is 6.07 Å². The second-order valence-electron chi connectivity index (χ2n) is 7.46. The summed E-state index contributed by atoms with van der Waals surface area (Å²) in [6.07, 6.45) is 0.431. The molecule has 3 rings (SSSR count). The molecule has 1 fully saturated rings. The molecule has 1 saturated heterocycles. The molecule has 2 aromatic rings. The lowest BCUT2D eigenvalue weighted by Crippen LogP contribution is -2.50. The summed E-state index contributed by atoms with van der Waals surface area (Å²) in [5, 5.41) is 18.6. The summed E-state index contributed by atoms with van der Waals surface area (Å²) in [7, 11) is 0. The Kier molecular flexibility index (Phi) is 4.84. The number of nitrogens with zero attached hydrogens (tertiary/aromatic N) is 2. The average molecular weight is 371 g/mol. The van der Waals surface area contributed by atoms with Crippen molar-refractivity contribution in [3.05, 3.63) is 52.3 Å². The molecule has 1 aliphatic rings. The van der Waals surface area contributed by atoms with Gasteiger partial charge in [-0.3, -0.25) is 9.69 Å². The number of carbonyl (C=O) groups is 2. The first kappa shape index (κ1) is 19.1. The minimum atomic E-state index is -1.18. The van der Waals surface area contributed by atoms with E-state index in [1.165, 1.54) is 0 Å². The van der Waals surface area contributed by atoms with Crippen LogP contribution in [0.3, 0.4) is 0 Å². The molecule has 144 valence electrons. The highest BCUT2D eigenvalue weighted by Gasteiger charge is 2.41. The van der Waals surface area contributed by atoms with Crippen LogP contribution in [0.5, 0.6) is 0 Å². The van der Waals surface area contributed by atoms with Crippen LogP contribution in [0.4, 0.5) is 0 Å². The van der Waals surface area contributed by atoms with Crippen LogP contribution in [0.2, 0.25) is 0 Å². The Bertz CT molecular complexity index is 918. The molecule has 0 unspecified atom stereocenters. The van der Waals surface area contributed by atoms with Crippen molar-refractivity contribution in [1.82, 2.24) is 9.47 Å². The Morgan fingerprint density at radius 1 is 1.19 bits per heavy atom. The first-order valence-corrected chi connectivity index (χ1v) is 8.89. The maximum Gasteiger partial charge on any atom is 0.335 e. The summed E-state index contributed by atoms with van der Waals surface area (Å²) in [6.45, 7) is 7.51. The number of hydrogen-bond acceptors (Lipinski definition) is 4. The van der Waals surface area contributed by atoms with Crippen molar-refractivity contribution < 1.29 is 19.8 Å². The van der Waals surface area contributed by atoms with Gasteiger partial charge < -0.3 is 20.5 Å². The van der Waals surface area contributed by atoms with Gasteiger partial charge in [-0.2, -0.15) is 0 Å². The molecule has 0 saturated carbocycles. The standard InChI is InChI=1S/C20H25N3O4/c1-12-4-5-15(18(24)25)9-17(12)23-13(2)8-16(14(23)3)10-22-7-6-20(21,11-22)19(26)27/h4-5,8-9H,6-7,10-11,21H2,1-3H3,(H,24,25)(H,26,27)/t20-/m0/s1.